The third-order valence-corrected chi connectivity index (χ3v) is 4.81. The topological polar surface area (TPSA) is 32.3 Å². The fraction of sp³-hybridized carbons (Fsp3) is 0.381. The molecule has 1 heterocycles. The quantitative estimate of drug-likeness (QED) is 0.870. The number of halogens is 1. The number of likely N-dealkylation sites (tertiary alicyclic amines) is 1. The van der Waals surface area contributed by atoms with Crippen LogP contribution in [0, 0.1) is 5.82 Å². The molecular formula is C21H25FN2O. The van der Waals surface area contributed by atoms with Crippen LogP contribution in [0.2, 0.25) is 0 Å². The number of rotatable bonds is 6. The molecule has 2 aromatic rings. The molecule has 3 nitrogen and oxygen atoms in total. The number of carbonyl (C=O) groups is 1. The molecule has 1 saturated heterocycles. The number of aryl methyl sites for hydroxylation is 1. The van der Waals surface area contributed by atoms with Gasteiger partial charge in [-0.15, -0.1) is 0 Å². The molecule has 0 aromatic heterocycles. The predicted molar refractivity (Wildman–Crippen MR) is 98.1 cm³/mol. The summed E-state index contributed by atoms with van der Waals surface area (Å²) in [4.78, 5) is 14.7. The first-order valence-electron chi connectivity index (χ1n) is 9.03. The molecule has 0 unspecified atom stereocenters. The highest BCUT2D eigenvalue weighted by Gasteiger charge is 2.20. The van der Waals surface area contributed by atoms with E-state index in [4.69, 9.17) is 0 Å². The number of benzene rings is 2. The highest BCUT2D eigenvalue weighted by molar-refractivity contribution is 5.94. The van der Waals surface area contributed by atoms with Crippen LogP contribution in [0.3, 0.4) is 0 Å². The highest BCUT2D eigenvalue weighted by atomic mass is 19.1. The molecule has 1 aliphatic rings. The Morgan fingerprint density at radius 1 is 1.04 bits per heavy atom. The van der Waals surface area contributed by atoms with Crippen LogP contribution in [0.4, 0.5) is 4.39 Å². The Labute approximate surface area is 148 Å². The van der Waals surface area contributed by atoms with Crippen molar-refractivity contribution in [1.29, 1.82) is 0 Å². The lowest BCUT2D eigenvalue weighted by Gasteiger charge is -2.32. The van der Waals surface area contributed by atoms with E-state index in [9.17, 15) is 9.18 Å². The van der Waals surface area contributed by atoms with Crippen LogP contribution in [-0.2, 0) is 6.42 Å². The van der Waals surface area contributed by atoms with E-state index >= 15 is 0 Å². The van der Waals surface area contributed by atoms with Crippen molar-refractivity contribution in [2.75, 3.05) is 19.6 Å². The minimum atomic E-state index is -0.319. The zero-order chi connectivity index (χ0) is 17.5. The van der Waals surface area contributed by atoms with Gasteiger partial charge in [0.25, 0.3) is 5.91 Å². The molecule has 25 heavy (non-hydrogen) atoms. The monoisotopic (exact) mass is 340 g/mol. The largest absolute Gasteiger partial charge is 0.349 e. The Morgan fingerprint density at radius 3 is 2.40 bits per heavy atom. The number of nitrogens with zero attached hydrogens (tertiary/aromatic N) is 1. The fourth-order valence-electron chi connectivity index (χ4n) is 3.32. The van der Waals surface area contributed by atoms with Crippen molar-refractivity contribution >= 4 is 5.91 Å². The average molecular weight is 340 g/mol. The molecule has 0 saturated carbocycles. The van der Waals surface area contributed by atoms with Gasteiger partial charge in [-0.25, -0.2) is 4.39 Å². The summed E-state index contributed by atoms with van der Waals surface area (Å²) in [6.45, 7) is 3.14. The summed E-state index contributed by atoms with van der Waals surface area (Å²) in [7, 11) is 0. The van der Waals surface area contributed by atoms with Crippen molar-refractivity contribution in [2.45, 2.75) is 31.7 Å². The van der Waals surface area contributed by atoms with E-state index in [2.05, 4.69) is 40.5 Å². The number of hydrogen-bond acceptors (Lipinski definition) is 2. The molecule has 1 N–H and O–H groups in total. The first kappa shape index (κ1) is 17.6. The van der Waals surface area contributed by atoms with Gasteiger partial charge in [0.15, 0.2) is 0 Å². The molecule has 0 atom stereocenters. The maximum absolute atomic E-state index is 12.9. The molecule has 1 fully saturated rings. The molecule has 2 aromatic carbocycles. The summed E-state index contributed by atoms with van der Waals surface area (Å²) in [6.07, 6.45) is 4.22. The van der Waals surface area contributed by atoms with Crippen LogP contribution < -0.4 is 5.32 Å². The van der Waals surface area contributed by atoms with E-state index in [1.807, 2.05) is 0 Å². The van der Waals surface area contributed by atoms with Gasteiger partial charge in [0.1, 0.15) is 5.82 Å². The molecule has 3 rings (SSSR count). The van der Waals surface area contributed by atoms with Gasteiger partial charge in [-0.2, -0.15) is 0 Å². The fourth-order valence-corrected chi connectivity index (χ4v) is 3.32. The predicted octanol–water partition coefficient (Wildman–Crippen LogP) is 3.65. The molecule has 4 heteroatoms. The Kier molecular flexibility index (Phi) is 6.18. The van der Waals surface area contributed by atoms with Gasteiger partial charge in [-0.05, 0) is 62.1 Å². The Balaban J connectivity index is 1.37. The van der Waals surface area contributed by atoms with E-state index in [0.717, 1.165) is 45.3 Å². The lowest BCUT2D eigenvalue weighted by molar-refractivity contribution is 0.0911. The minimum Gasteiger partial charge on any atom is -0.349 e. The lowest BCUT2D eigenvalue weighted by atomic mass is 10.0. The third kappa shape index (κ3) is 5.40. The summed E-state index contributed by atoms with van der Waals surface area (Å²) in [5.74, 6) is -0.428. The molecule has 1 amide bonds. The van der Waals surface area contributed by atoms with Crippen LogP contribution in [0.25, 0.3) is 0 Å². The van der Waals surface area contributed by atoms with Gasteiger partial charge < -0.3 is 10.2 Å². The number of carbonyl (C=O) groups excluding carboxylic acids is 1. The summed E-state index contributed by atoms with van der Waals surface area (Å²) in [6, 6.07) is 16.5. The Morgan fingerprint density at radius 2 is 1.72 bits per heavy atom. The summed E-state index contributed by atoms with van der Waals surface area (Å²) < 4.78 is 12.9. The van der Waals surface area contributed by atoms with E-state index in [1.54, 1.807) is 0 Å². The van der Waals surface area contributed by atoms with E-state index in [1.165, 1.54) is 29.8 Å². The van der Waals surface area contributed by atoms with Gasteiger partial charge in [-0.3, -0.25) is 4.79 Å². The van der Waals surface area contributed by atoms with Crippen molar-refractivity contribution in [3.63, 3.8) is 0 Å². The van der Waals surface area contributed by atoms with Gasteiger partial charge in [0, 0.05) is 24.7 Å². The second kappa shape index (κ2) is 8.77. The molecule has 132 valence electrons. The number of piperidine rings is 1. The first-order chi connectivity index (χ1) is 12.2. The van der Waals surface area contributed by atoms with Crippen LogP contribution in [0.15, 0.2) is 54.6 Å². The van der Waals surface area contributed by atoms with Crippen LogP contribution in [-0.4, -0.2) is 36.5 Å². The lowest BCUT2D eigenvalue weighted by Crippen LogP contribution is -2.44. The summed E-state index contributed by atoms with van der Waals surface area (Å²) in [5.41, 5.74) is 1.91. The second-order valence-electron chi connectivity index (χ2n) is 6.69. The number of hydrogen-bond donors (Lipinski definition) is 1. The third-order valence-electron chi connectivity index (χ3n) is 4.81. The van der Waals surface area contributed by atoms with Crippen LogP contribution >= 0.6 is 0 Å². The van der Waals surface area contributed by atoms with Crippen molar-refractivity contribution in [1.82, 2.24) is 10.2 Å². The van der Waals surface area contributed by atoms with Crippen molar-refractivity contribution in [2.24, 2.45) is 0 Å². The Bertz CT molecular complexity index is 664. The minimum absolute atomic E-state index is 0.109. The Hall–Kier alpha value is -2.20. The van der Waals surface area contributed by atoms with Crippen molar-refractivity contribution in [3.05, 3.63) is 71.5 Å². The van der Waals surface area contributed by atoms with Gasteiger partial charge >= 0.3 is 0 Å². The van der Waals surface area contributed by atoms with Crippen molar-refractivity contribution < 1.29 is 9.18 Å². The van der Waals surface area contributed by atoms with E-state index in [0.29, 0.717) is 5.56 Å². The van der Waals surface area contributed by atoms with Gasteiger partial charge in [-0.1, -0.05) is 30.3 Å². The molecule has 1 aliphatic heterocycles. The zero-order valence-electron chi connectivity index (χ0n) is 14.5. The molecule has 0 bridgehead atoms. The SMILES string of the molecule is O=C(NC1CCN(CCCc2ccccc2)CC1)c1ccc(F)cc1. The molecule has 0 spiro atoms. The van der Waals surface area contributed by atoms with Crippen molar-refractivity contribution in [3.8, 4) is 0 Å². The molecule has 0 radical (unpaired) electrons. The van der Waals surface area contributed by atoms with Gasteiger partial charge in [0.05, 0.1) is 0 Å². The standard InChI is InChI=1S/C21H25FN2O/c22-19-10-8-18(9-11-19)21(25)23-20-12-15-24(16-13-20)14-4-7-17-5-2-1-3-6-17/h1-3,5-6,8-11,20H,4,7,12-16H2,(H,23,25). The smallest absolute Gasteiger partial charge is 0.251 e. The number of nitrogens with one attached hydrogen (secondary N) is 1. The van der Waals surface area contributed by atoms with Gasteiger partial charge in [0.2, 0.25) is 0 Å². The highest BCUT2D eigenvalue weighted by Crippen LogP contribution is 2.13. The summed E-state index contributed by atoms with van der Waals surface area (Å²) >= 11 is 0. The molecule has 0 aliphatic carbocycles. The average Bonchev–Trinajstić information content (AvgIpc) is 2.64. The second-order valence-corrected chi connectivity index (χ2v) is 6.69. The first-order valence-corrected chi connectivity index (χ1v) is 9.03. The number of amides is 1. The van der Waals surface area contributed by atoms with Crippen LogP contribution in [0.1, 0.15) is 35.2 Å². The maximum Gasteiger partial charge on any atom is 0.251 e. The molecular weight excluding hydrogens is 315 g/mol. The van der Waals surface area contributed by atoms with E-state index < -0.39 is 0 Å². The maximum atomic E-state index is 12.9. The zero-order valence-corrected chi connectivity index (χ0v) is 14.5. The normalized spacial score (nSPS) is 15.9. The van der Waals surface area contributed by atoms with E-state index in [-0.39, 0.29) is 17.8 Å². The van der Waals surface area contributed by atoms with Crippen LogP contribution in [0.5, 0.6) is 0 Å². The summed E-state index contributed by atoms with van der Waals surface area (Å²) in [5, 5.41) is 3.07.